The second kappa shape index (κ2) is 9.79. The number of methoxy groups -OCH3 is 4. The molecule has 7 nitrogen and oxygen atoms in total. The fourth-order valence-electron chi connectivity index (χ4n) is 4.01. The average Bonchev–Trinajstić information content (AvgIpc) is 2.89. The number of carbonyl (C=O) groups is 1. The van der Waals surface area contributed by atoms with E-state index < -0.39 is 0 Å². The van der Waals surface area contributed by atoms with Crippen molar-refractivity contribution in [2.24, 2.45) is 0 Å². The molecule has 0 aromatic heterocycles. The number of β-lactam (4-membered cyclic amide) rings is 1. The molecule has 1 fully saturated rings. The lowest BCUT2D eigenvalue weighted by Crippen LogP contribution is -2.48. The molecule has 0 saturated carbocycles. The van der Waals surface area contributed by atoms with Gasteiger partial charge in [0.05, 0.1) is 40.2 Å². The van der Waals surface area contributed by atoms with Crippen molar-refractivity contribution in [1.29, 1.82) is 0 Å². The lowest BCUT2D eigenvalue weighted by molar-refractivity contribution is -0.118. The third kappa shape index (κ3) is 4.12. The van der Waals surface area contributed by atoms with Gasteiger partial charge in [-0.05, 0) is 23.3 Å². The topological polar surface area (TPSA) is 66.5 Å². The zero-order valence-electron chi connectivity index (χ0n) is 19.7. The molecule has 0 N–H and O–H groups in total. The molecular formula is C27H27NO6. The maximum atomic E-state index is 12.9. The van der Waals surface area contributed by atoms with Gasteiger partial charge in [-0.1, -0.05) is 43.0 Å². The molecular weight excluding hydrogens is 434 g/mol. The average molecular weight is 462 g/mol. The number of hydrogen-bond donors (Lipinski definition) is 0. The Bertz CT molecular complexity index is 1180. The van der Waals surface area contributed by atoms with E-state index in [2.05, 4.69) is 6.58 Å². The van der Waals surface area contributed by atoms with Crippen LogP contribution in [0.1, 0.15) is 17.2 Å². The van der Waals surface area contributed by atoms with Crippen molar-refractivity contribution in [3.8, 4) is 28.7 Å². The van der Waals surface area contributed by atoms with Crippen molar-refractivity contribution < 1.29 is 28.5 Å². The van der Waals surface area contributed by atoms with Gasteiger partial charge in [0.25, 0.3) is 5.91 Å². The first-order valence-corrected chi connectivity index (χ1v) is 10.7. The van der Waals surface area contributed by atoms with Gasteiger partial charge in [0, 0.05) is 17.7 Å². The van der Waals surface area contributed by atoms with Gasteiger partial charge in [-0.2, -0.15) is 0 Å². The van der Waals surface area contributed by atoms with Crippen molar-refractivity contribution in [2.45, 2.75) is 12.6 Å². The molecule has 1 unspecified atom stereocenters. The van der Waals surface area contributed by atoms with Gasteiger partial charge in [0.1, 0.15) is 6.61 Å². The summed E-state index contributed by atoms with van der Waals surface area (Å²) >= 11 is 0. The van der Waals surface area contributed by atoms with E-state index in [1.165, 1.54) is 21.3 Å². The van der Waals surface area contributed by atoms with Gasteiger partial charge in [0.15, 0.2) is 23.0 Å². The Morgan fingerprint density at radius 2 is 1.44 bits per heavy atom. The molecule has 176 valence electrons. The molecule has 1 saturated heterocycles. The number of amides is 1. The van der Waals surface area contributed by atoms with Crippen LogP contribution in [0.4, 0.5) is 5.69 Å². The predicted octanol–water partition coefficient (Wildman–Crippen LogP) is 4.94. The molecule has 1 atom stereocenters. The van der Waals surface area contributed by atoms with E-state index in [0.29, 0.717) is 46.6 Å². The summed E-state index contributed by atoms with van der Waals surface area (Å²) in [6.07, 6.45) is 0. The number of nitrogens with zero attached hydrogens (tertiary/aromatic N) is 1. The minimum Gasteiger partial charge on any atom is -0.493 e. The molecule has 0 radical (unpaired) electrons. The minimum atomic E-state index is -0.375. The molecule has 0 bridgehead atoms. The number of rotatable bonds is 9. The van der Waals surface area contributed by atoms with E-state index in [0.717, 1.165) is 11.1 Å². The van der Waals surface area contributed by atoms with E-state index in [-0.39, 0.29) is 11.9 Å². The van der Waals surface area contributed by atoms with Gasteiger partial charge >= 0.3 is 0 Å². The standard InChI is InChI=1S/C27H27NO6/c1-17-25(28(27(17)29)20-14-23(31-3)26(33-5)24(15-20)32-4)19-11-12-21(30-2)22(13-19)34-16-18-9-7-6-8-10-18/h6-15,25H,1,16H2,2-5H3. The molecule has 3 aromatic rings. The summed E-state index contributed by atoms with van der Waals surface area (Å²) in [7, 11) is 6.21. The first-order chi connectivity index (χ1) is 16.5. The van der Waals surface area contributed by atoms with Crippen LogP contribution in [0.25, 0.3) is 0 Å². The molecule has 4 rings (SSSR count). The third-order valence-electron chi connectivity index (χ3n) is 5.75. The summed E-state index contributed by atoms with van der Waals surface area (Å²) in [5, 5.41) is 0. The van der Waals surface area contributed by atoms with Crippen molar-refractivity contribution in [3.05, 3.63) is 83.9 Å². The minimum absolute atomic E-state index is 0.179. The Kier molecular flexibility index (Phi) is 6.63. The molecule has 1 aliphatic rings. The van der Waals surface area contributed by atoms with Crippen LogP contribution in [0, 0.1) is 0 Å². The van der Waals surface area contributed by atoms with E-state index in [1.807, 2.05) is 48.5 Å². The maximum absolute atomic E-state index is 12.9. The van der Waals surface area contributed by atoms with Crippen LogP contribution in [0.5, 0.6) is 28.7 Å². The maximum Gasteiger partial charge on any atom is 0.256 e. The lowest BCUT2D eigenvalue weighted by Gasteiger charge is -2.42. The number of carbonyl (C=O) groups excluding carboxylic acids is 1. The number of hydrogen-bond acceptors (Lipinski definition) is 6. The van der Waals surface area contributed by atoms with Crippen LogP contribution < -0.4 is 28.6 Å². The van der Waals surface area contributed by atoms with Crippen LogP contribution in [0.15, 0.2) is 72.8 Å². The summed E-state index contributed by atoms with van der Waals surface area (Å²) in [5.41, 5.74) is 2.98. The van der Waals surface area contributed by atoms with E-state index in [1.54, 1.807) is 24.1 Å². The first-order valence-electron chi connectivity index (χ1n) is 10.7. The Labute approximate surface area is 199 Å². The molecule has 0 aliphatic carbocycles. The van der Waals surface area contributed by atoms with Gasteiger partial charge in [-0.3, -0.25) is 9.69 Å². The van der Waals surface area contributed by atoms with Crippen LogP contribution in [-0.4, -0.2) is 34.3 Å². The Morgan fingerprint density at radius 1 is 0.794 bits per heavy atom. The Morgan fingerprint density at radius 3 is 2.03 bits per heavy atom. The number of anilines is 1. The highest BCUT2D eigenvalue weighted by Crippen LogP contribution is 2.48. The number of ether oxygens (including phenoxy) is 5. The normalized spacial score (nSPS) is 14.9. The third-order valence-corrected chi connectivity index (χ3v) is 5.75. The summed E-state index contributed by atoms with van der Waals surface area (Å²) in [6.45, 7) is 4.40. The van der Waals surface area contributed by atoms with E-state index in [4.69, 9.17) is 23.7 Å². The molecule has 1 amide bonds. The van der Waals surface area contributed by atoms with Gasteiger partial charge < -0.3 is 23.7 Å². The van der Waals surface area contributed by atoms with Crippen LogP contribution in [0.2, 0.25) is 0 Å². The van der Waals surface area contributed by atoms with Crippen molar-refractivity contribution >= 4 is 11.6 Å². The lowest BCUT2D eigenvalue weighted by atomic mass is 9.88. The SMILES string of the molecule is C=C1C(=O)N(c2cc(OC)c(OC)c(OC)c2)C1c1ccc(OC)c(OCc2ccccc2)c1. The summed E-state index contributed by atoms with van der Waals surface area (Å²) in [5.74, 6) is 2.39. The fourth-order valence-corrected chi connectivity index (χ4v) is 4.01. The summed E-state index contributed by atoms with van der Waals surface area (Å²) < 4.78 is 27.9. The first kappa shape index (κ1) is 23.0. The highest BCUT2D eigenvalue weighted by atomic mass is 16.5. The predicted molar refractivity (Wildman–Crippen MR) is 129 cm³/mol. The molecule has 34 heavy (non-hydrogen) atoms. The van der Waals surface area contributed by atoms with Crippen molar-refractivity contribution in [2.75, 3.05) is 33.3 Å². The summed E-state index contributed by atoms with van der Waals surface area (Å²) in [6, 6.07) is 18.6. The zero-order valence-corrected chi connectivity index (χ0v) is 19.7. The second-order valence-corrected chi connectivity index (χ2v) is 7.67. The fraction of sp³-hybridized carbons (Fsp3) is 0.222. The van der Waals surface area contributed by atoms with Crippen LogP contribution in [0.3, 0.4) is 0 Å². The molecule has 0 spiro atoms. The highest BCUT2D eigenvalue weighted by molar-refractivity contribution is 6.15. The monoisotopic (exact) mass is 461 g/mol. The smallest absolute Gasteiger partial charge is 0.256 e. The van der Waals surface area contributed by atoms with Gasteiger partial charge in [-0.25, -0.2) is 0 Å². The van der Waals surface area contributed by atoms with Gasteiger partial charge in [-0.15, -0.1) is 0 Å². The number of benzene rings is 3. The molecule has 7 heteroatoms. The largest absolute Gasteiger partial charge is 0.493 e. The van der Waals surface area contributed by atoms with E-state index >= 15 is 0 Å². The Hall–Kier alpha value is -4.13. The Balaban J connectivity index is 1.68. The molecule has 1 aliphatic heterocycles. The molecule has 3 aromatic carbocycles. The summed E-state index contributed by atoms with van der Waals surface area (Å²) in [4.78, 5) is 14.5. The van der Waals surface area contributed by atoms with Gasteiger partial charge in [0.2, 0.25) is 5.75 Å². The quantitative estimate of drug-likeness (QED) is 0.332. The van der Waals surface area contributed by atoms with Crippen LogP contribution >= 0.6 is 0 Å². The second-order valence-electron chi connectivity index (χ2n) is 7.67. The van der Waals surface area contributed by atoms with Crippen molar-refractivity contribution in [1.82, 2.24) is 0 Å². The highest BCUT2D eigenvalue weighted by Gasteiger charge is 2.43. The van der Waals surface area contributed by atoms with E-state index in [9.17, 15) is 4.79 Å². The molecule has 1 heterocycles. The van der Waals surface area contributed by atoms with Crippen LogP contribution in [-0.2, 0) is 11.4 Å². The van der Waals surface area contributed by atoms with Crippen molar-refractivity contribution in [3.63, 3.8) is 0 Å². The zero-order chi connectivity index (χ0) is 24.2.